The Bertz CT molecular complexity index is 1460. The normalized spacial score (nSPS) is 15.4. The SMILES string of the molecule is C1=CCC(N(c2cccc(-c3ccccc3)c2)c2ccc3sc4ccccc4c3c2)C=C1. The van der Waals surface area contributed by atoms with Gasteiger partial charge in [-0.05, 0) is 53.9 Å². The van der Waals surface area contributed by atoms with Crippen LogP contribution in [0.4, 0.5) is 11.4 Å². The third-order valence-electron chi connectivity index (χ3n) is 6.16. The number of rotatable bonds is 4. The van der Waals surface area contributed by atoms with Crippen molar-refractivity contribution in [2.45, 2.75) is 12.5 Å². The zero-order chi connectivity index (χ0) is 21.3. The third kappa shape index (κ3) is 3.43. The average molecular weight is 430 g/mol. The van der Waals surface area contributed by atoms with Crippen LogP contribution in [0.5, 0.6) is 0 Å². The molecule has 1 atom stereocenters. The minimum absolute atomic E-state index is 0.286. The van der Waals surface area contributed by atoms with E-state index in [2.05, 4.69) is 126 Å². The Balaban J connectivity index is 1.51. The summed E-state index contributed by atoms with van der Waals surface area (Å²) in [5.74, 6) is 0. The van der Waals surface area contributed by atoms with Gasteiger partial charge in [0.2, 0.25) is 0 Å². The molecular weight excluding hydrogens is 406 g/mol. The van der Waals surface area contributed by atoms with Crippen molar-refractivity contribution in [2.75, 3.05) is 4.90 Å². The monoisotopic (exact) mass is 429 g/mol. The number of nitrogens with zero attached hydrogens (tertiary/aromatic N) is 1. The molecule has 2 heteroatoms. The van der Waals surface area contributed by atoms with Crippen LogP contribution in [0, 0.1) is 0 Å². The lowest BCUT2D eigenvalue weighted by Crippen LogP contribution is -2.29. The fraction of sp³-hybridized carbons (Fsp3) is 0.0667. The molecule has 0 fully saturated rings. The minimum atomic E-state index is 0.286. The summed E-state index contributed by atoms with van der Waals surface area (Å²) in [4.78, 5) is 2.48. The van der Waals surface area contributed by atoms with Gasteiger partial charge in [0.1, 0.15) is 0 Å². The van der Waals surface area contributed by atoms with Crippen LogP contribution in [0.25, 0.3) is 31.3 Å². The summed E-state index contributed by atoms with van der Waals surface area (Å²) >= 11 is 1.87. The van der Waals surface area contributed by atoms with Crippen LogP contribution in [0.15, 0.2) is 121 Å². The zero-order valence-electron chi connectivity index (χ0n) is 17.7. The van der Waals surface area contributed by atoms with Crippen LogP contribution in [-0.4, -0.2) is 6.04 Å². The quantitative estimate of drug-likeness (QED) is 0.276. The molecule has 32 heavy (non-hydrogen) atoms. The first-order chi connectivity index (χ1) is 15.9. The maximum absolute atomic E-state index is 2.48. The summed E-state index contributed by atoms with van der Waals surface area (Å²) in [7, 11) is 0. The van der Waals surface area contributed by atoms with E-state index in [1.165, 1.54) is 42.7 Å². The van der Waals surface area contributed by atoms with Gasteiger partial charge in [-0.3, -0.25) is 0 Å². The molecule has 0 bridgehead atoms. The maximum Gasteiger partial charge on any atom is 0.0559 e. The molecule has 0 N–H and O–H groups in total. The number of hydrogen-bond donors (Lipinski definition) is 0. The van der Waals surface area contributed by atoms with Crippen molar-refractivity contribution in [1.29, 1.82) is 0 Å². The molecule has 1 aromatic heterocycles. The summed E-state index contributed by atoms with van der Waals surface area (Å²) in [5, 5.41) is 2.68. The van der Waals surface area contributed by atoms with Crippen LogP contribution in [0.2, 0.25) is 0 Å². The number of allylic oxidation sites excluding steroid dienone is 2. The lowest BCUT2D eigenvalue weighted by atomic mass is 10.0. The Labute approximate surface area is 192 Å². The summed E-state index contributed by atoms with van der Waals surface area (Å²) in [6.07, 6.45) is 9.88. The Morgan fingerprint density at radius 1 is 0.625 bits per heavy atom. The van der Waals surface area contributed by atoms with Gasteiger partial charge in [-0.15, -0.1) is 11.3 Å². The van der Waals surface area contributed by atoms with Gasteiger partial charge in [-0.1, -0.05) is 85.0 Å². The molecule has 1 aliphatic rings. The molecule has 1 heterocycles. The van der Waals surface area contributed by atoms with Gasteiger partial charge >= 0.3 is 0 Å². The van der Waals surface area contributed by atoms with E-state index in [1.807, 2.05) is 11.3 Å². The van der Waals surface area contributed by atoms with E-state index >= 15 is 0 Å². The molecule has 6 rings (SSSR count). The van der Waals surface area contributed by atoms with E-state index in [1.54, 1.807) is 0 Å². The smallest absolute Gasteiger partial charge is 0.0559 e. The van der Waals surface area contributed by atoms with Crippen molar-refractivity contribution in [3.63, 3.8) is 0 Å². The highest BCUT2D eigenvalue weighted by Crippen LogP contribution is 2.39. The molecule has 0 saturated heterocycles. The van der Waals surface area contributed by atoms with Gasteiger partial charge in [0.05, 0.1) is 6.04 Å². The second kappa shape index (κ2) is 8.14. The Kier molecular flexibility index (Phi) is 4.86. The fourth-order valence-electron chi connectivity index (χ4n) is 4.62. The predicted molar refractivity (Wildman–Crippen MR) is 140 cm³/mol. The molecule has 154 valence electrons. The molecule has 1 nitrogen and oxygen atoms in total. The lowest BCUT2D eigenvalue weighted by Gasteiger charge is -2.33. The molecule has 1 aliphatic carbocycles. The largest absolute Gasteiger partial charge is 0.334 e. The molecule has 0 saturated carbocycles. The first kappa shape index (κ1) is 19.1. The number of benzene rings is 4. The number of hydrogen-bond acceptors (Lipinski definition) is 2. The van der Waals surface area contributed by atoms with E-state index in [9.17, 15) is 0 Å². The van der Waals surface area contributed by atoms with Crippen molar-refractivity contribution < 1.29 is 0 Å². The van der Waals surface area contributed by atoms with Gasteiger partial charge in [-0.25, -0.2) is 0 Å². The Morgan fingerprint density at radius 2 is 1.41 bits per heavy atom. The molecule has 0 spiro atoms. The Morgan fingerprint density at radius 3 is 2.28 bits per heavy atom. The van der Waals surface area contributed by atoms with Crippen molar-refractivity contribution in [3.8, 4) is 11.1 Å². The first-order valence-corrected chi connectivity index (χ1v) is 11.9. The molecular formula is C30H23NS. The average Bonchev–Trinajstić information content (AvgIpc) is 3.24. The van der Waals surface area contributed by atoms with E-state index in [4.69, 9.17) is 0 Å². The van der Waals surface area contributed by atoms with E-state index in [0.717, 1.165) is 6.42 Å². The van der Waals surface area contributed by atoms with E-state index in [0.29, 0.717) is 0 Å². The first-order valence-electron chi connectivity index (χ1n) is 11.1. The molecule has 0 amide bonds. The van der Waals surface area contributed by atoms with E-state index in [-0.39, 0.29) is 6.04 Å². The highest BCUT2D eigenvalue weighted by atomic mass is 32.1. The summed E-state index contributed by atoms with van der Waals surface area (Å²) in [6.45, 7) is 0. The molecule has 1 unspecified atom stereocenters. The second-order valence-electron chi connectivity index (χ2n) is 8.18. The van der Waals surface area contributed by atoms with Gasteiger partial charge in [0.15, 0.2) is 0 Å². The molecule has 4 aromatic carbocycles. The predicted octanol–water partition coefficient (Wildman–Crippen LogP) is 8.74. The summed E-state index contributed by atoms with van der Waals surface area (Å²) in [6, 6.07) is 35.5. The van der Waals surface area contributed by atoms with Crippen LogP contribution >= 0.6 is 11.3 Å². The number of thiophene rings is 1. The van der Waals surface area contributed by atoms with Crippen molar-refractivity contribution in [1.82, 2.24) is 0 Å². The van der Waals surface area contributed by atoms with Crippen molar-refractivity contribution >= 4 is 42.9 Å². The summed E-state index contributed by atoms with van der Waals surface area (Å²) in [5.41, 5.74) is 4.93. The van der Waals surface area contributed by atoms with E-state index < -0.39 is 0 Å². The third-order valence-corrected chi connectivity index (χ3v) is 7.31. The number of anilines is 2. The van der Waals surface area contributed by atoms with Crippen LogP contribution in [-0.2, 0) is 0 Å². The lowest BCUT2D eigenvalue weighted by molar-refractivity contribution is 0.785. The maximum atomic E-state index is 2.48. The van der Waals surface area contributed by atoms with Gasteiger partial charge in [0.25, 0.3) is 0 Å². The Hall–Kier alpha value is -3.62. The highest BCUT2D eigenvalue weighted by molar-refractivity contribution is 7.25. The van der Waals surface area contributed by atoms with Crippen molar-refractivity contribution in [2.24, 2.45) is 0 Å². The topological polar surface area (TPSA) is 3.24 Å². The zero-order valence-corrected chi connectivity index (χ0v) is 18.5. The fourth-order valence-corrected chi connectivity index (χ4v) is 5.71. The second-order valence-corrected chi connectivity index (χ2v) is 9.26. The molecule has 5 aromatic rings. The van der Waals surface area contributed by atoms with Crippen LogP contribution in [0.3, 0.4) is 0 Å². The molecule has 0 radical (unpaired) electrons. The van der Waals surface area contributed by atoms with Gasteiger partial charge in [0, 0.05) is 31.5 Å². The molecule has 0 aliphatic heterocycles. The highest BCUT2D eigenvalue weighted by Gasteiger charge is 2.20. The van der Waals surface area contributed by atoms with Gasteiger partial charge < -0.3 is 4.90 Å². The van der Waals surface area contributed by atoms with Crippen LogP contribution < -0.4 is 4.90 Å². The van der Waals surface area contributed by atoms with Crippen LogP contribution in [0.1, 0.15) is 6.42 Å². The van der Waals surface area contributed by atoms with Gasteiger partial charge in [-0.2, -0.15) is 0 Å². The van der Waals surface area contributed by atoms with Crippen molar-refractivity contribution in [3.05, 3.63) is 121 Å². The minimum Gasteiger partial charge on any atom is -0.334 e. The number of fused-ring (bicyclic) bond motifs is 3. The standard InChI is InChI=1S/C30H23NS/c1-3-10-22(11-4-1)23-12-9-15-25(20-23)31(24-13-5-2-6-14-24)26-18-19-30-28(21-26)27-16-7-8-17-29(27)32-30/h1-13,15-21,24H,14H2. The summed E-state index contributed by atoms with van der Waals surface area (Å²) < 4.78 is 2.68.